The first-order valence-electron chi connectivity index (χ1n) is 4.40. The van der Waals surface area contributed by atoms with Gasteiger partial charge in [0, 0.05) is 18.3 Å². The smallest absolute Gasteiger partial charge is 0.262 e. The molecule has 2 heterocycles. The standard InChI is InChI=1S/C9H10N4OS/c1-6-5-14-9(12-6)15-8-7(4-10)2-3-11-13-8/h2-3,5H,4,10H2,1H3. The summed E-state index contributed by atoms with van der Waals surface area (Å²) in [5.74, 6) is 0. The van der Waals surface area contributed by atoms with Crippen LogP contribution in [-0.2, 0) is 6.54 Å². The molecule has 0 unspecified atom stereocenters. The molecule has 5 nitrogen and oxygen atoms in total. The number of oxazole rings is 1. The van der Waals surface area contributed by atoms with E-state index in [2.05, 4.69) is 15.2 Å². The number of hydrogen-bond acceptors (Lipinski definition) is 6. The second-order valence-electron chi connectivity index (χ2n) is 2.92. The van der Waals surface area contributed by atoms with E-state index in [9.17, 15) is 0 Å². The van der Waals surface area contributed by atoms with Crippen LogP contribution in [0.25, 0.3) is 0 Å². The van der Waals surface area contributed by atoms with Crippen molar-refractivity contribution >= 4 is 11.8 Å². The fourth-order valence-electron chi connectivity index (χ4n) is 1.05. The molecule has 0 aromatic carbocycles. The van der Waals surface area contributed by atoms with Crippen LogP contribution < -0.4 is 5.73 Å². The lowest BCUT2D eigenvalue weighted by Crippen LogP contribution is -2.00. The van der Waals surface area contributed by atoms with Gasteiger partial charge in [0.2, 0.25) is 0 Å². The summed E-state index contributed by atoms with van der Waals surface area (Å²) in [5, 5.41) is 9.08. The Morgan fingerprint density at radius 2 is 2.40 bits per heavy atom. The maximum absolute atomic E-state index is 5.58. The summed E-state index contributed by atoms with van der Waals surface area (Å²) in [4.78, 5) is 4.17. The second kappa shape index (κ2) is 4.41. The highest BCUT2D eigenvalue weighted by atomic mass is 32.2. The first-order valence-corrected chi connectivity index (χ1v) is 5.22. The highest BCUT2D eigenvalue weighted by Gasteiger charge is 2.08. The fourth-order valence-corrected chi connectivity index (χ4v) is 1.87. The molecule has 2 rings (SSSR count). The van der Waals surface area contributed by atoms with Gasteiger partial charge < -0.3 is 10.2 Å². The number of nitrogens with zero attached hydrogens (tertiary/aromatic N) is 3. The lowest BCUT2D eigenvalue weighted by molar-refractivity contribution is 0.453. The number of nitrogens with two attached hydrogens (primary N) is 1. The zero-order chi connectivity index (χ0) is 10.7. The SMILES string of the molecule is Cc1coc(Sc2nnccc2CN)n1. The van der Waals surface area contributed by atoms with Crippen molar-refractivity contribution in [1.29, 1.82) is 0 Å². The van der Waals surface area contributed by atoms with Gasteiger partial charge in [0.05, 0.1) is 5.69 Å². The van der Waals surface area contributed by atoms with Crippen molar-refractivity contribution in [3.8, 4) is 0 Å². The lowest BCUT2D eigenvalue weighted by atomic mass is 10.3. The minimum atomic E-state index is 0.428. The van der Waals surface area contributed by atoms with E-state index in [1.165, 1.54) is 11.8 Å². The largest absolute Gasteiger partial charge is 0.439 e. The molecule has 0 fully saturated rings. The molecular formula is C9H10N4OS. The molecule has 2 aromatic heterocycles. The highest BCUT2D eigenvalue weighted by molar-refractivity contribution is 7.99. The summed E-state index contributed by atoms with van der Waals surface area (Å²) in [5.41, 5.74) is 7.36. The molecule has 0 spiro atoms. The summed E-state index contributed by atoms with van der Waals surface area (Å²) >= 11 is 1.33. The van der Waals surface area contributed by atoms with Crippen LogP contribution in [0.2, 0.25) is 0 Å². The molecule has 0 aliphatic carbocycles. The molecule has 0 atom stereocenters. The van der Waals surface area contributed by atoms with Crippen molar-refractivity contribution in [2.24, 2.45) is 5.73 Å². The van der Waals surface area contributed by atoms with E-state index in [1.54, 1.807) is 12.5 Å². The normalized spacial score (nSPS) is 10.5. The Morgan fingerprint density at radius 1 is 1.53 bits per heavy atom. The topological polar surface area (TPSA) is 77.8 Å². The molecule has 0 aliphatic heterocycles. The number of rotatable bonds is 3. The van der Waals surface area contributed by atoms with E-state index in [-0.39, 0.29) is 0 Å². The molecule has 78 valence electrons. The molecule has 0 bridgehead atoms. The highest BCUT2D eigenvalue weighted by Crippen LogP contribution is 2.26. The molecule has 0 saturated heterocycles. The Hall–Kier alpha value is -1.40. The van der Waals surface area contributed by atoms with Crippen LogP contribution in [0.1, 0.15) is 11.3 Å². The van der Waals surface area contributed by atoms with Gasteiger partial charge in [0.15, 0.2) is 0 Å². The molecule has 0 aliphatic rings. The summed E-state index contributed by atoms with van der Waals surface area (Å²) in [6.45, 7) is 2.30. The van der Waals surface area contributed by atoms with Gasteiger partial charge in [-0.15, -0.1) is 5.10 Å². The monoisotopic (exact) mass is 222 g/mol. The molecule has 2 N–H and O–H groups in total. The van der Waals surface area contributed by atoms with Gasteiger partial charge in [-0.3, -0.25) is 0 Å². The Bertz CT molecular complexity index is 457. The Labute approximate surface area is 91.1 Å². The summed E-state index contributed by atoms with van der Waals surface area (Å²) in [6.07, 6.45) is 3.22. The predicted molar refractivity (Wildman–Crippen MR) is 55.3 cm³/mol. The zero-order valence-corrected chi connectivity index (χ0v) is 8.99. The quantitative estimate of drug-likeness (QED) is 0.845. The minimum absolute atomic E-state index is 0.428. The van der Waals surface area contributed by atoms with E-state index < -0.39 is 0 Å². The average Bonchev–Trinajstić information content (AvgIpc) is 2.65. The molecular weight excluding hydrogens is 212 g/mol. The van der Waals surface area contributed by atoms with Gasteiger partial charge in [0.1, 0.15) is 11.3 Å². The van der Waals surface area contributed by atoms with Crippen molar-refractivity contribution in [2.45, 2.75) is 23.7 Å². The van der Waals surface area contributed by atoms with Gasteiger partial charge in [-0.05, 0) is 24.8 Å². The maximum atomic E-state index is 5.58. The summed E-state index contributed by atoms with van der Waals surface area (Å²) < 4.78 is 5.21. The fraction of sp³-hybridized carbons (Fsp3) is 0.222. The molecule has 15 heavy (non-hydrogen) atoms. The Balaban J connectivity index is 2.23. The van der Waals surface area contributed by atoms with Crippen LogP contribution in [0.15, 0.2) is 33.2 Å². The van der Waals surface area contributed by atoms with Crippen molar-refractivity contribution in [2.75, 3.05) is 0 Å². The minimum Gasteiger partial charge on any atom is -0.439 e. The van der Waals surface area contributed by atoms with Crippen LogP contribution in [0.4, 0.5) is 0 Å². The van der Waals surface area contributed by atoms with Gasteiger partial charge in [-0.25, -0.2) is 4.98 Å². The predicted octanol–water partition coefficient (Wildman–Crippen LogP) is 1.38. The zero-order valence-electron chi connectivity index (χ0n) is 8.17. The van der Waals surface area contributed by atoms with E-state index in [0.29, 0.717) is 11.8 Å². The van der Waals surface area contributed by atoms with Gasteiger partial charge in [0.25, 0.3) is 5.22 Å². The second-order valence-corrected chi connectivity index (χ2v) is 3.86. The van der Waals surface area contributed by atoms with E-state index in [1.807, 2.05) is 13.0 Å². The Kier molecular flexibility index (Phi) is 2.98. The van der Waals surface area contributed by atoms with Crippen LogP contribution >= 0.6 is 11.8 Å². The van der Waals surface area contributed by atoms with Gasteiger partial charge >= 0.3 is 0 Å². The molecule has 0 amide bonds. The number of hydrogen-bond donors (Lipinski definition) is 1. The van der Waals surface area contributed by atoms with Crippen LogP contribution in [0, 0.1) is 6.92 Å². The van der Waals surface area contributed by atoms with Crippen LogP contribution in [-0.4, -0.2) is 15.2 Å². The third kappa shape index (κ3) is 2.34. The maximum Gasteiger partial charge on any atom is 0.262 e. The summed E-state index contributed by atoms with van der Waals surface area (Å²) in [6, 6.07) is 1.84. The molecule has 2 aromatic rings. The van der Waals surface area contributed by atoms with Crippen LogP contribution in [0.5, 0.6) is 0 Å². The van der Waals surface area contributed by atoms with E-state index in [0.717, 1.165) is 16.3 Å². The van der Waals surface area contributed by atoms with E-state index in [4.69, 9.17) is 10.2 Å². The Morgan fingerprint density at radius 3 is 3.07 bits per heavy atom. The van der Waals surface area contributed by atoms with Crippen molar-refractivity contribution in [3.63, 3.8) is 0 Å². The number of aryl methyl sites for hydroxylation is 1. The van der Waals surface area contributed by atoms with E-state index >= 15 is 0 Å². The molecule has 0 saturated carbocycles. The molecule has 0 radical (unpaired) electrons. The first-order chi connectivity index (χ1) is 7.29. The average molecular weight is 222 g/mol. The lowest BCUT2D eigenvalue weighted by Gasteiger charge is -2.00. The van der Waals surface area contributed by atoms with Crippen LogP contribution in [0.3, 0.4) is 0 Å². The summed E-state index contributed by atoms with van der Waals surface area (Å²) in [7, 11) is 0. The van der Waals surface area contributed by atoms with Crippen molar-refractivity contribution in [3.05, 3.63) is 29.8 Å². The number of aromatic nitrogens is 3. The van der Waals surface area contributed by atoms with Gasteiger partial charge in [-0.1, -0.05) is 0 Å². The third-order valence-corrected chi connectivity index (χ3v) is 2.67. The third-order valence-electron chi connectivity index (χ3n) is 1.77. The van der Waals surface area contributed by atoms with Gasteiger partial charge in [-0.2, -0.15) is 5.10 Å². The van der Waals surface area contributed by atoms with Crippen molar-refractivity contribution in [1.82, 2.24) is 15.2 Å². The van der Waals surface area contributed by atoms with Crippen molar-refractivity contribution < 1.29 is 4.42 Å². The molecule has 6 heteroatoms. The first kappa shape index (κ1) is 10.1.